The average molecular weight is 279 g/mol. The van der Waals surface area contributed by atoms with Crippen molar-refractivity contribution >= 4 is 23.2 Å². The van der Waals surface area contributed by atoms with Crippen LogP contribution in [-0.2, 0) is 9.59 Å². The maximum Gasteiger partial charge on any atom is 0.307 e. The van der Waals surface area contributed by atoms with E-state index >= 15 is 0 Å². The van der Waals surface area contributed by atoms with Crippen LogP contribution in [0.2, 0.25) is 0 Å². The van der Waals surface area contributed by atoms with E-state index in [0.29, 0.717) is 12.3 Å². The Morgan fingerprint density at radius 3 is 2.53 bits per heavy atom. The van der Waals surface area contributed by atoms with E-state index in [2.05, 4.69) is 16.8 Å². The summed E-state index contributed by atoms with van der Waals surface area (Å²) in [6, 6.07) is 2.16. The predicted octanol–water partition coefficient (Wildman–Crippen LogP) is 2.17. The summed E-state index contributed by atoms with van der Waals surface area (Å²) in [5, 5.41) is 13.1. The summed E-state index contributed by atoms with van der Waals surface area (Å²) in [6.07, 6.45) is 2.51. The number of rotatable bonds is 3. The van der Waals surface area contributed by atoms with Gasteiger partial charge in [0.1, 0.15) is 0 Å². The minimum atomic E-state index is -0.827. The fourth-order valence-electron chi connectivity index (χ4n) is 2.92. The predicted molar refractivity (Wildman–Crippen MR) is 72.1 cm³/mol. The molecule has 1 aromatic rings. The van der Waals surface area contributed by atoms with Crippen LogP contribution in [-0.4, -0.2) is 35.0 Å². The first kappa shape index (κ1) is 12.7. The first-order valence-electron chi connectivity index (χ1n) is 6.70. The normalized spacial score (nSPS) is 27.3. The Morgan fingerprint density at radius 2 is 2.00 bits per heavy atom. The van der Waals surface area contributed by atoms with Crippen LogP contribution in [0.3, 0.4) is 0 Å². The van der Waals surface area contributed by atoms with Gasteiger partial charge in [-0.3, -0.25) is 9.59 Å². The van der Waals surface area contributed by atoms with Gasteiger partial charge in [0.2, 0.25) is 5.91 Å². The third kappa shape index (κ3) is 2.52. The number of piperidine rings is 1. The number of hydrogen-bond donors (Lipinski definition) is 1. The maximum atomic E-state index is 12.1. The number of hydrogen-bond acceptors (Lipinski definition) is 3. The number of aliphatic carboxylic acids is 1. The molecular weight excluding hydrogens is 262 g/mol. The van der Waals surface area contributed by atoms with Crippen LogP contribution in [0.15, 0.2) is 16.8 Å². The van der Waals surface area contributed by atoms with Gasteiger partial charge >= 0.3 is 5.97 Å². The number of amides is 1. The van der Waals surface area contributed by atoms with Crippen LogP contribution in [0.1, 0.15) is 30.7 Å². The van der Waals surface area contributed by atoms with E-state index in [1.54, 1.807) is 11.3 Å². The first-order chi connectivity index (χ1) is 9.16. The molecule has 5 heteroatoms. The average Bonchev–Trinajstić information content (AvgIpc) is 3.05. The van der Waals surface area contributed by atoms with Gasteiger partial charge in [-0.2, -0.15) is 11.3 Å². The minimum absolute atomic E-state index is 0.0520. The summed E-state index contributed by atoms with van der Waals surface area (Å²) in [5.41, 5.74) is 1.38. The lowest BCUT2D eigenvalue weighted by Crippen LogP contribution is -2.39. The van der Waals surface area contributed by atoms with E-state index in [-0.39, 0.29) is 11.8 Å². The summed E-state index contributed by atoms with van der Waals surface area (Å²) in [5.74, 6) is -0.898. The summed E-state index contributed by atoms with van der Waals surface area (Å²) >= 11 is 1.71. The van der Waals surface area contributed by atoms with E-state index in [0.717, 1.165) is 25.9 Å². The molecule has 1 amide bonds. The summed E-state index contributed by atoms with van der Waals surface area (Å²) in [7, 11) is 0. The Hall–Kier alpha value is -1.36. The maximum absolute atomic E-state index is 12.1. The highest BCUT2D eigenvalue weighted by Gasteiger charge is 2.50. The van der Waals surface area contributed by atoms with Crippen LogP contribution in [0.5, 0.6) is 0 Å². The van der Waals surface area contributed by atoms with E-state index in [4.69, 9.17) is 5.11 Å². The monoisotopic (exact) mass is 279 g/mol. The second-order valence-corrected chi connectivity index (χ2v) is 6.22. The molecule has 2 unspecified atom stereocenters. The molecule has 2 fully saturated rings. The van der Waals surface area contributed by atoms with Gasteiger partial charge in [0.25, 0.3) is 0 Å². The fourth-order valence-corrected chi connectivity index (χ4v) is 3.66. The Bertz CT molecular complexity index is 477. The highest BCUT2D eigenvalue weighted by molar-refractivity contribution is 7.07. The molecule has 2 atom stereocenters. The Labute approximate surface area is 116 Å². The van der Waals surface area contributed by atoms with Gasteiger partial charge < -0.3 is 10.0 Å². The zero-order valence-corrected chi connectivity index (χ0v) is 11.4. The number of nitrogens with zero attached hydrogens (tertiary/aromatic N) is 1. The summed E-state index contributed by atoms with van der Waals surface area (Å²) in [6.45, 7) is 1.53. The molecule has 1 N–H and O–H groups in total. The molecule has 4 nitrogen and oxygen atoms in total. The van der Waals surface area contributed by atoms with Crippen LogP contribution in [0, 0.1) is 11.8 Å². The quantitative estimate of drug-likeness (QED) is 0.922. The molecule has 0 bridgehead atoms. The van der Waals surface area contributed by atoms with Crippen molar-refractivity contribution < 1.29 is 14.7 Å². The number of likely N-dealkylation sites (tertiary alicyclic amines) is 1. The van der Waals surface area contributed by atoms with Gasteiger partial charge in [-0.15, -0.1) is 0 Å². The third-order valence-electron chi connectivity index (χ3n) is 4.25. The molecule has 1 saturated carbocycles. The fraction of sp³-hybridized carbons (Fsp3) is 0.571. The molecule has 102 valence electrons. The summed E-state index contributed by atoms with van der Waals surface area (Å²) < 4.78 is 0. The Balaban J connectivity index is 1.53. The zero-order chi connectivity index (χ0) is 13.4. The smallest absolute Gasteiger partial charge is 0.307 e. The number of carbonyl (C=O) groups is 2. The standard InChI is InChI=1S/C14H17NO3S/c16-13(11-7-12(11)14(17)18)15-4-1-9(2-5-15)10-3-6-19-8-10/h3,6,8-9,11-12H,1-2,4-5,7H2,(H,17,18). The second-order valence-electron chi connectivity index (χ2n) is 5.44. The molecule has 1 aromatic heterocycles. The molecule has 1 saturated heterocycles. The van der Waals surface area contributed by atoms with E-state index < -0.39 is 11.9 Å². The molecule has 0 aromatic carbocycles. The van der Waals surface area contributed by atoms with E-state index in [1.807, 2.05) is 4.90 Å². The minimum Gasteiger partial charge on any atom is -0.481 e. The van der Waals surface area contributed by atoms with Gasteiger partial charge in [0.05, 0.1) is 11.8 Å². The number of carboxylic acids is 1. The Kier molecular flexibility index (Phi) is 3.31. The van der Waals surface area contributed by atoms with Crippen molar-refractivity contribution in [3.63, 3.8) is 0 Å². The molecular formula is C14H17NO3S. The van der Waals surface area contributed by atoms with Crippen molar-refractivity contribution in [3.05, 3.63) is 22.4 Å². The van der Waals surface area contributed by atoms with Crippen molar-refractivity contribution in [2.24, 2.45) is 11.8 Å². The lowest BCUT2D eigenvalue weighted by atomic mass is 9.91. The molecule has 3 rings (SSSR count). The van der Waals surface area contributed by atoms with Crippen molar-refractivity contribution in [3.8, 4) is 0 Å². The molecule has 2 heterocycles. The van der Waals surface area contributed by atoms with Gasteiger partial charge in [0.15, 0.2) is 0 Å². The van der Waals surface area contributed by atoms with Crippen molar-refractivity contribution in [1.29, 1.82) is 0 Å². The van der Waals surface area contributed by atoms with Crippen molar-refractivity contribution in [1.82, 2.24) is 4.90 Å². The highest BCUT2D eigenvalue weighted by atomic mass is 32.1. The lowest BCUT2D eigenvalue weighted by molar-refractivity contribution is -0.142. The zero-order valence-electron chi connectivity index (χ0n) is 10.6. The van der Waals surface area contributed by atoms with Crippen LogP contribution in [0.25, 0.3) is 0 Å². The SMILES string of the molecule is O=C(O)C1CC1C(=O)N1CCC(c2ccsc2)CC1. The third-order valence-corrected chi connectivity index (χ3v) is 4.95. The van der Waals surface area contributed by atoms with Gasteiger partial charge in [-0.05, 0) is 47.6 Å². The molecule has 1 aliphatic heterocycles. The molecule has 19 heavy (non-hydrogen) atoms. The van der Waals surface area contributed by atoms with Crippen molar-refractivity contribution in [2.45, 2.75) is 25.2 Å². The van der Waals surface area contributed by atoms with E-state index in [9.17, 15) is 9.59 Å². The molecule has 1 aliphatic carbocycles. The summed E-state index contributed by atoms with van der Waals surface area (Å²) in [4.78, 5) is 24.8. The molecule has 2 aliphatic rings. The van der Waals surface area contributed by atoms with E-state index in [1.165, 1.54) is 5.56 Å². The number of carbonyl (C=O) groups excluding carboxylic acids is 1. The van der Waals surface area contributed by atoms with Gasteiger partial charge in [-0.25, -0.2) is 0 Å². The van der Waals surface area contributed by atoms with Gasteiger partial charge in [-0.1, -0.05) is 0 Å². The number of thiophene rings is 1. The largest absolute Gasteiger partial charge is 0.481 e. The lowest BCUT2D eigenvalue weighted by Gasteiger charge is -2.32. The van der Waals surface area contributed by atoms with Crippen LogP contribution >= 0.6 is 11.3 Å². The number of carboxylic acid groups (broad SMARTS) is 1. The topological polar surface area (TPSA) is 57.6 Å². The van der Waals surface area contributed by atoms with Crippen molar-refractivity contribution in [2.75, 3.05) is 13.1 Å². The van der Waals surface area contributed by atoms with Gasteiger partial charge in [0, 0.05) is 13.1 Å². The molecule has 0 spiro atoms. The molecule has 0 radical (unpaired) electrons. The highest BCUT2D eigenvalue weighted by Crippen LogP contribution is 2.41. The second kappa shape index (κ2) is 4.96. The first-order valence-corrected chi connectivity index (χ1v) is 7.65. The van der Waals surface area contributed by atoms with Crippen LogP contribution in [0.4, 0.5) is 0 Å². The van der Waals surface area contributed by atoms with Crippen LogP contribution < -0.4 is 0 Å². The Morgan fingerprint density at radius 1 is 1.26 bits per heavy atom.